The van der Waals surface area contributed by atoms with Gasteiger partial charge in [-0.25, -0.2) is 0 Å². The molecule has 0 amide bonds. The van der Waals surface area contributed by atoms with E-state index in [1.165, 1.54) is 4.52 Å². The molecule has 0 aliphatic carbocycles. The third-order valence-corrected chi connectivity index (χ3v) is 4.17. The Morgan fingerprint density at radius 1 is 1.25 bits per heavy atom. The lowest BCUT2D eigenvalue weighted by Crippen LogP contribution is -2.20. The normalized spacial score (nSPS) is 11.3. The Morgan fingerprint density at radius 2 is 2.00 bits per heavy atom. The molecular formula is C14H22N4OS. The molecule has 0 saturated carbocycles. The maximum atomic E-state index is 12.0. The van der Waals surface area contributed by atoms with Crippen LogP contribution in [-0.2, 0) is 6.54 Å². The molecule has 2 rings (SSSR count). The largest absolute Gasteiger partial charge is 0.314 e. The van der Waals surface area contributed by atoms with E-state index in [1.54, 1.807) is 17.8 Å². The average molecular weight is 294 g/mol. The van der Waals surface area contributed by atoms with Crippen LogP contribution in [0.1, 0.15) is 45.2 Å². The smallest absolute Gasteiger partial charge is 0.275 e. The van der Waals surface area contributed by atoms with Gasteiger partial charge in [-0.2, -0.15) is 9.50 Å². The highest BCUT2D eigenvalue weighted by Crippen LogP contribution is 2.16. The summed E-state index contributed by atoms with van der Waals surface area (Å²) < 4.78 is 3.51. The van der Waals surface area contributed by atoms with Gasteiger partial charge in [-0.1, -0.05) is 38.5 Å². The van der Waals surface area contributed by atoms with Crippen molar-refractivity contribution in [1.82, 2.24) is 19.2 Å². The highest BCUT2D eigenvalue weighted by Gasteiger charge is 2.12. The van der Waals surface area contributed by atoms with Crippen molar-refractivity contribution in [2.75, 3.05) is 5.75 Å². The molecule has 0 unspecified atom stereocenters. The summed E-state index contributed by atoms with van der Waals surface area (Å²) in [6.07, 6.45) is 4.48. The highest BCUT2D eigenvalue weighted by molar-refractivity contribution is 7.99. The van der Waals surface area contributed by atoms with Crippen LogP contribution in [-0.4, -0.2) is 24.9 Å². The van der Waals surface area contributed by atoms with Crippen molar-refractivity contribution in [3.63, 3.8) is 0 Å². The van der Waals surface area contributed by atoms with E-state index in [2.05, 4.69) is 28.5 Å². The van der Waals surface area contributed by atoms with Crippen LogP contribution in [0, 0.1) is 6.92 Å². The molecule has 0 aromatic carbocycles. The lowest BCUT2D eigenvalue weighted by Gasteiger charge is -2.10. The molecule has 0 atom stereocenters. The Morgan fingerprint density at radius 3 is 2.70 bits per heavy atom. The molecule has 0 spiro atoms. The summed E-state index contributed by atoms with van der Waals surface area (Å²) in [4.78, 5) is 16.5. The van der Waals surface area contributed by atoms with E-state index < -0.39 is 0 Å². The molecule has 2 aromatic heterocycles. The summed E-state index contributed by atoms with van der Waals surface area (Å²) in [5.74, 6) is 1.66. The van der Waals surface area contributed by atoms with Crippen molar-refractivity contribution in [2.45, 2.75) is 58.2 Å². The molecule has 2 aromatic rings. The number of hydrogen-bond acceptors (Lipinski definition) is 4. The fourth-order valence-corrected chi connectivity index (χ4v) is 2.95. The van der Waals surface area contributed by atoms with Crippen LogP contribution in [0.15, 0.2) is 16.0 Å². The van der Waals surface area contributed by atoms with Crippen molar-refractivity contribution >= 4 is 17.5 Å². The summed E-state index contributed by atoms with van der Waals surface area (Å²) in [5.41, 5.74) is 0.855. The number of unbranched alkanes of at least 4 members (excludes halogenated alkanes) is 2. The molecule has 110 valence electrons. The third kappa shape index (κ3) is 3.23. The monoisotopic (exact) mass is 294 g/mol. The van der Waals surface area contributed by atoms with E-state index in [1.807, 2.05) is 6.92 Å². The van der Waals surface area contributed by atoms with E-state index in [0.29, 0.717) is 10.9 Å². The van der Waals surface area contributed by atoms with Gasteiger partial charge in [-0.15, -0.1) is 5.10 Å². The number of aromatic nitrogens is 4. The fraction of sp³-hybridized carbons (Fsp3) is 0.643. The molecule has 20 heavy (non-hydrogen) atoms. The van der Waals surface area contributed by atoms with Gasteiger partial charge in [0.1, 0.15) is 0 Å². The van der Waals surface area contributed by atoms with Gasteiger partial charge in [-0.3, -0.25) is 4.79 Å². The minimum Gasteiger partial charge on any atom is -0.314 e. The second kappa shape index (κ2) is 6.92. The standard InChI is InChI=1S/C14H22N4OS/c1-4-6-8-17-11(3)10-12(19)18-14(17)15-13(16-18)20-9-7-5-2/h10H,4-9H2,1-3H3. The van der Waals surface area contributed by atoms with Gasteiger partial charge in [0.15, 0.2) is 0 Å². The summed E-state index contributed by atoms with van der Waals surface area (Å²) in [6, 6.07) is 1.64. The maximum absolute atomic E-state index is 12.0. The molecule has 0 radical (unpaired) electrons. The molecule has 6 heteroatoms. The third-order valence-electron chi connectivity index (χ3n) is 3.24. The first-order valence-corrected chi connectivity index (χ1v) is 8.26. The van der Waals surface area contributed by atoms with Crippen LogP contribution in [0.4, 0.5) is 0 Å². The first-order chi connectivity index (χ1) is 9.67. The van der Waals surface area contributed by atoms with Gasteiger partial charge < -0.3 is 4.57 Å². The van der Waals surface area contributed by atoms with Crippen molar-refractivity contribution in [3.8, 4) is 0 Å². The molecule has 0 bridgehead atoms. The predicted octanol–water partition coefficient (Wildman–Crippen LogP) is 2.89. The second-order valence-electron chi connectivity index (χ2n) is 4.94. The number of thioether (sulfide) groups is 1. The van der Waals surface area contributed by atoms with Crippen molar-refractivity contribution in [3.05, 3.63) is 22.1 Å². The molecule has 0 aliphatic heterocycles. The minimum atomic E-state index is -0.0971. The number of rotatable bonds is 7. The first kappa shape index (κ1) is 15.1. The number of nitrogens with zero attached hydrogens (tertiary/aromatic N) is 4. The molecule has 5 nitrogen and oxygen atoms in total. The van der Waals surface area contributed by atoms with E-state index in [-0.39, 0.29) is 5.56 Å². The number of fused-ring (bicyclic) bond motifs is 1. The van der Waals surface area contributed by atoms with Gasteiger partial charge in [0, 0.05) is 24.1 Å². The minimum absolute atomic E-state index is 0.0971. The quantitative estimate of drug-likeness (QED) is 0.582. The van der Waals surface area contributed by atoms with Crippen LogP contribution in [0.5, 0.6) is 0 Å². The van der Waals surface area contributed by atoms with E-state index >= 15 is 0 Å². The number of aryl methyl sites for hydroxylation is 2. The lowest BCUT2D eigenvalue weighted by molar-refractivity contribution is 0.611. The zero-order chi connectivity index (χ0) is 14.5. The molecule has 0 saturated heterocycles. The van der Waals surface area contributed by atoms with Crippen molar-refractivity contribution in [2.24, 2.45) is 0 Å². The summed E-state index contributed by atoms with van der Waals surface area (Å²) in [5, 5.41) is 5.03. The molecular weight excluding hydrogens is 272 g/mol. The maximum Gasteiger partial charge on any atom is 0.275 e. The predicted molar refractivity (Wildman–Crippen MR) is 82.5 cm³/mol. The Balaban J connectivity index is 2.37. The molecule has 0 fully saturated rings. The Hall–Kier alpha value is -1.30. The number of hydrogen-bond donors (Lipinski definition) is 0. The summed E-state index contributed by atoms with van der Waals surface area (Å²) in [7, 11) is 0. The van der Waals surface area contributed by atoms with Gasteiger partial charge in [0.2, 0.25) is 10.9 Å². The van der Waals surface area contributed by atoms with Gasteiger partial charge in [0.05, 0.1) is 0 Å². The van der Waals surface area contributed by atoms with Crippen LogP contribution in [0.2, 0.25) is 0 Å². The van der Waals surface area contributed by atoms with Crippen molar-refractivity contribution in [1.29, 1.82) is 0 Å². The molecule has 0 aliphatic rings. The lowest BCUT2D eigenvalue weighted by atomic mass is 10.3. The first-order valence-electron chi connectivity index (χ1n) is 7.27. The fourth-order valence-electron chi connectivity index (χ4n) is 2.05. The average Bonchev–Trinajstić information content (AvgIpc) is 2.83. The zero-order valence-electron chi connectivity index (χ0n) is 12.4. The Bertz CT molecular complexity index is 632. The van der Waals surface area contributed by atoms with Gasteiger partial charge in [0.25, 0.3) is 5.56 Å². The van der Waals surface area contributed by atoms with E-state index in [0.717, 1.165) is 43.7 Å². The van der Waals surface area contributed by atoms with Crippen LogP contribution in [0.3, 0.4) is 0 Å². The van der Waals surface area contributed by atoms with E-state index in [4.69, 9.17) is 0 Å². The zero-order valence-corrected chi connectivity index (χ0v) is 13.2. The van der Waals surface area contributed by atoms with Gasteiger partial charge >= 0.3 is 0 Å². The van der Waals surface area contributed by atoms with Gasteiger partial charge in [-0.05, 0) is 19.8 Å². The van der Waals surface area contributed by atoms with Crippen LogP contribution in [0.25, 0.3) is 5.78 Å². The van der Waals surface area contributed by atoms with Crippen LogP contribution >= 0.6 is 11.8 Å². The van der Waals surface area contributed by atoms with Crippen LogP contribution < -0.4 is 5.56 Å². The SMILES string of the molecule is CCCCSc1nc2n(CCCC)c(C)cc(=O)n2n1. The summed E-state index contributed by atoms with van der Waals surface area (Å²) in [6.45, 7) is 7.15. The Labute approximate surface area is 123 Å². The highest BCUT2D eigenvalue weighted by atomic mass is 32.2. The Kier molecular flexibility index (Phi) is 5.23. The second-order valence-corrected chi connectivity index (χ2v) is 6.00. The topological polar surface area (TPSA) is 52.2 Å². The van der Waals surface area contributed by atoms with E-state index in [9.17, 15) is 4.79 Å². The molecule has 2 heterocycles. The molecule has 0 N–H and O–H groups in total. The van der Waals surface area contributed by atoms with Crippen molar-refractivity contribution < 1.29 is 0 Å². The summed E-state index contributed by atoms with van der Waals surface area (Å²) >= 11 is 1.62.